The molecular formula is C26H16F6S. The molecule has 4 aromatic rings. The second kappa shape index (κ2) is 8.63. The van der Waals surface area contributed by atoms with Gasteiger partial charge in [0.1, 0.15) is 0 Å². The van der Waals surface area contributed by atoms with Crippen LogP contribution in [0.2, 0.25) is 0 Å². The van der Waals surface area contributed by atoms with Crippen LogP contribution in [0.5, 0.6) is 0 Å². The highest BCUT2D eigenvalue weighted by molar-refractivity contribution is 7.80. The Morgan fingerprint density at radius 1 is 0.485 bits per heavy atom. The van der Waals surface area contributed by atoms with E-state index in [1.807, 2.05) is 0 Å². The molecule has 4 rings (SSSR count). The fourth-order valence-electron chi connectivity index (χ4n) is 3.67. The van der Waals surface area contributed by atoms with Gasteiger partial charge in [0, 0.05) is 4.90 Å². The summed E-state index contributed by atoms with van der Waals surface area (Å²) in [5, 5.41) is 0. The van der Waals surface area contributed by atoms with Gasteiger partial charge in [-0.25, -0.2) is 0 Å². The van der Waals surface area contributed by atoms with Crippen LogP contribution in [0.4, 0.5) is 26.3 Å². The summed E-state index contributed by atoms with van der Waals surface area (Å²) < 4.78 is 80.9. The number of hydrogen-bond donors (Lipinski definition) is 1. The second-order valence-corrected chi connectivity index (χ2v) is 7.86. The maximum atomic E-state index is 13.8. The number of benzene rings is 4. The molecule has 0 spiro atoms. The molecule has 0 atom stereocenters. The zero-order valence-corrected chi connectivity index (χ0v) is 17.8. The number of rotatable bonds is 3. The predicted molar refractivity (Wildman–Crippen MR) is 120 cm³/mol. The van der Waals surface area contributed by atoms with Gasteiger partial charge in [-0.3, -0.25) is 0 Å². The number of halogens is 6. The molecule has 168 valence electrons. The Kier molecular flexibility index (Phi) is 6.01. The number of hydrogen-bond acceptors (Lipinski definition) is 1. The quantitative estimate of drug-likeness (QED) is 0.222. The Bertz CT molecular complexity index is 1220. The fourth-order valence-corrected chi connectivity index (χ4v) is 4.06. The highest BCUT2D eigenvalue weighted by atomic mass is 32.1. The summed E-state index contributed by atoms with van der Waals surface area (Å²) in [6, 6.07) is 22.7. The normalized spacial score (nSPS) is 12.1. The van der Waals surface area contributed by atoms with Gasteiger partial charge in [0.15, 0.2) is 0 Å². The lowest BCUT2D eigenvalue weighted by Crippen LogP contribution is -2.12. The molecule has 7 heteroatoms. The first-order valence-corrected chi connectivity index (χ1v) is 10.3. The van der Waals surface area contributed by atoms with E-state index >= 15 is 0 Å². The van der Waals surface area contributed by atoms with Crippen LogP contribution < -0.4 is 0 Å². The van der Waals surface area contributed by atoms with Gasteiger partial charge in [0.25, 0.3) is 0 Å². The summed E-state index contributed by atoms with van der Waals surface area (Å²) >= 11 is 4.66. The fraction of sp³-hybridized carbons (Fsp3) is 0.0769. The summed E-state index contributed by atoms with van der Waals surface area (Å²) in [5.41, 5.74) is -0.293. The number of alkyl halides is 6. The minimum absolute atomic E-state index is 0.145. The Labute approximate surface area is 191 Å². The van der Waals surface area contributed by atoms with Crippen LogP contribution in [0.1, 0.15) is 11.1 Å². The standard InChI is InChI=1S/C26H16F6S/c27-25(28,29)19-11-12-20(23(15-19)26(30,31)32)18-13-21(16-7-3-1-4-8-16)24(33)22(14-18)17-9-5-2-6-10-17/h1-15,33H. The average Bonchev–Trinajstić information content (AvgIpc) is 2.79. The van der Waals surface area contributed by atoms with Crippen molar-refractivity contribution in [3.63, 3.8) is 0 Å². The van der Waals surface area contributed by atoms with E-state index < -0.39 is 23.5 Å². The highest BCUT2D eigenvalue weighted by Crippen LogP contribution is 2.44. The molecule has 0 aromatic heterocycles. The summed E-state index contributed by atoms with van der Waals surface area (Å²) in [6.45, 7) is 0. The van der Waals surface area contributed by atoms with E-state index in [-0.39, 0.29) is 17.2 Å². The van der Waals surface area contributed by atoms with Crippen molar-refractivity contribution in [1.82, 2.24) is 0 Å². The minimum Gasteiger partial charge on any atom is -0.166 e. The van der Waals surface area contributed by atoms with E-state index in [1.165, 1.54) is 12.1 Å². The molecule has 0 saturated heterocycles. The van der Waals surface area contributed by atoms with Crippen molar-refractivity contribution in [2.45, 2.75) is 17.2 Å². The summed E-state index contributed by atoms with van der Waals surface area (Å²) in [4.78, 5) is 0.552. The molecule has 0 bridgehead atoms. The smallest absolute Gasteiger partial charge is 0.166 e. The van der Waals surface area contributed by atoms with Crippen molar-refractivity contribution in [2.75, 3.05) is 0 Å². The van der Waals surface area contributed by atoms with Gasteiger partial charge in [-0.1, -0.05) is 66.7 Å². The van der Waals surface area contributed by atoms with E-state index in [0.717, 1.165) is 17.2 Å². The van der Waals surface area contributed by atoms with Crippen molar-refractivity contribution in [2.24, 2.45) is 0 Å². The van der Waals surface area contributed by atoms with E-state index in [4.69, 9.17) is 0 Å². The van der Waals surface area contributed by atoms with Crippen molar-refractivity contribution in [1.29, 1.82) is 0 Å². The molecule has 0 unspecified atom stereocenters. The Morgan fingerprint density at radius 2 is 0.970 bits per heavy atom. The molecule has 0 aliphatic carbocycles. The van der Waals surface area contributed by atoms with Crippen LogP contribution in [0.25, 0.3) is 33.4 Å². The zero-order chi connectivity index (χ0) is 23.8. The molecule has 0 aliphatic rings. The molecular weight excluding hydrogens is 458 g/mol. The minimum atomic E-state index is -4.98. The van der Waals surface area contributed by atoms with Gasteiger partial charge in [-0.15, -0.1) is 12.6 Å². The summed E-state index contributed by atoms with van der Waals surface area (Å²) in [7, 11) is 0. The maximum Gasteiger partial charge on any atom is 0.417 e. The lowest BCUT2D eigenvalue weighted by molar-refractivity contribution is -0.142. The van der Waals surface area contributed by atoms with E-state index in [0.29, 0.717) is 22.1 Å². The monoisotopic (exact) mass is 474 g/mol. The predicted octanol–water partition coefficient (Wildman–Crippen LogP) is 9.01. The van der Waals surface area contributed by atoms with Crippen LogP contribution in [0.15, 0.2) is 95.9 Å². The first-order valence-electron chi connectivity index (χ1n) is 9.82. The lowest BCUT2D eigenvalue weighted by Gasteiger charge is -2.19. The SMILES string of the molecule is FC(F)(F)c1ccc(-c2cc(-c3ccccc3)c(S)c(-c3ccccc3)c2)c(C(F)(F)F)c1. The molecule has 0 nitrogen and oxygen atoms in total. The zero-order valence-electron chi connectivity index (χ0n) is 16.9. The molecule has 0 radical (unpaired) electrons. The molecule has 4 aromatic carbocycles. The molecule has 0 aliphatic heterocycles. The first-order chi connectivity index (χ1) is 15.6. The van der Waals surface area contributed by atoms with Crippen LogP contribution in [-0.2, 0) is 12.4 Å². The topological polar surface area (TPSA) is 0 Å². The van der Waals surface area contributed by atoms with Gasteiger partial charge >= 0.3 is 12.4 Å². The molecule has 0 saturated carbocycles. The van der Waals surface area contributed by atoms with Gasteiger partial charge < -0.3 is 0 Å². The highest BCUT2D eigenvalue weighted by Gasteiger charge is 2.38. The van der Waals surface area contributed by atoms with Crippen molar-refractivity contribution in [3.8, 4) is 33.4 Å². The third-order valence-corrected chi connectivity index (χ3v) is 5.72. The van der Waals surface area contributed by atoms with Crippen LogP contribution in [-0.4, -0.2) is 0 Å². The van der Waals surface area contributed by atoms with E-state index in [1.54, 1.807) is 60.7 Å². The van der Waals surface area contributed by atoms with E-state index in [2.05, 4.69) is 12.6 Å². The van der Waals surface area contributed by atoms with Gasteiger partial charge in [-0.05, 0) is 57.6 Å². The largest absolute Gasteiger partial charge is 0.417 e. The van der Waals surface area contributed by atoms with Crippen molar-refractivity contribution >= 4 is 12.6 Å². The number of thiol groups is 1. The van der Waals surface area contributed by atoms with Gasteiger partial charge in [0.2, 0.25) is 0 Å². The third-order valence-electron chi connectivity index (χ3n) is 5.24. The molecule has 0 heterocycles. The summed E-state index contributed by atoms with van der Waals surface area (Å²) in [6.07, 6.45) is -9.87. The van der Waals surface area contributed by atoms with E-state index in [9.17, 15) is 26.3 Å². The van der Waals surface area contributed by atoms with Crippen molar-refractivity contribution < 1.29 is 26.3 Å². The van der Waals surface area contributed by atoms with Gasteiger partial charge in [0.05, 0.1) is 11.1 Å². The molecule has 33 heavy (non-hydrogen) atoms. The van der Waals surface area contributed by atoms with Crippen LogP contribution in [0, 0.1) is 0 Å². The summed E-state index contributed by atoms with van der Waals surface area (Å²) in [5.74, 6) is 0. The second-order valence-electron chi connectivity index (χ2n) is 7.41. The van der Waals surface area contributed by atoms with Gasteiger partial charge in [-0.2, -0.15) is 26.3 Å². The van der Waals surface area contributed by atoms with Crippen molar-refractivity contribution in [3.05, 3.63) is 102 Å². The Hall–Kier alpha value is -3.19. The third kappa shape index (κ3) is 4.78. The first kappa shape index (κ1) is 23.0. The van der Waals surface area contributed by atoms with Crippen LogP contribution in [0.3, 0.4) is 0 Å². The molecule has 0 fully saturated rings. The maximum absolute atomic E-state index is 13.8. The average molecular weight is 474 g/mol. The molecule has 0 amide bonds. The Balaban J connectivity index is 2.02. The molecule has 0 N–H and O–H groups in total. The lowest BCUT2D eigenvalue weighted by atomic mass is 9.90. The van der Waals surface area contributed by atoms with Crippen LogP contribution >= 0.6 is 12.6 Å². The Morgan fingerprint density at radius 3 is 1.39 bits per heavy atom.